The molecule has 3 heteroatoms. The molecule has 2 heterocycles. The molecule has 1 aliphatic heterocycles. The summed E-state index contributed by atoms with van der Waals surface area (Å²) in [5, 5.41) is 4.84. The zero-order chi connectivity index (χ0) is 13.9. The molecule has 0 aliphatic carbocycles. The van der Waals surface area contributed by atoms with Gasteiger partial charge < -0.3 is 10.3 Å². The first-order valence-corrected chi connectivity index (χ1v) is 7.76. The maximum atomic E-state index is 3.46. The zero-order valence-electron chi connectivity index (χ0n) is 12.5. The minimum Gasteiger partial charge on any atom is -0.361 e. The highest BCUT2D eigenvalue weighted by Gasteiger charge is 2.25. The summed E-state index contributed by atoms with van der Waals surface area (Å²) < 4.78 is 0. The van der Waals surface area contributed by atoms with Gasteiger partial charge in [-0.05, 0) is 24.0 Å². The lowest BCUT2D eigenvalue weighted by Gasteiger charge is -2.36. The predicted molar refractivity (Wildman–Crippen MR) is 84.9 cm³/mol. The van der Waals surface area contributed by atoms with Crippen molar-refractivity contribution >= 4 is 10.9 Å². The number of nitrogens with zero attached hydrogens (tertiary/aromatic N) is 1. The molecule has 0 bridgehead atoms. The average Bonchev–Trinajstić information content (AvgIpc) is 2.89. The number of hydrogen-bond acceptors (Lipinski definition) is 2. The Balaban J connectivity index is 1.95. The van der Waals surface area contributed by atoms with E-state index in [-0.39, 0.29) is 0 Å². The SMILES string of the molecule is CC(C)C[C@@H](c1c[nH]c2ccccc12)N1CCNCC1. The first-order chi connectivity index (χ1) is 9.75. The summed E-state index contributed by atoms with van der Waals surface area (Å²) in [5.74, 6) is 0.712. The molecular formula is C17H25N3. The van der Waals surface area contributed by atoms with Gasteiger partial charge in [-0.3, -0.25) is 4.90 Å². The molecule has 0 spiro atoms. The summed E-state index contributed by atoms with van der Waals surface area (Å²) in [6.45, 7) is 9.16. The predicted octanol–water partition coefficient (Wildman–Crippen LogP) is 3.16. The minimum atomic E-state index is 0.535. The molecule has 2 aromatic rings. The second-order valence-electron chi connectivity index (χ2n) is 6.22. The molecule has 2 N–H and O–H groups in total. The molecule has 1 saturated heterocycles. The van der Waals surface area contributed by atoms with Gasteiger partial charge in [-0.25, -0.2) is 0 Å². The monoisotopic (exact) mass is 271 g/mol. The van der Waals surface area contributed by atoms with Crippen LogP contribution in [-0.2, 0) is 0 Å². The van der Waals surface area contributed by atoms with Crippen LogP contribution in [0.5, 0.6) is 0 Å². The molecule has 3 rings (SSSR count). The van der Waals surface area contributed by atoms with Gasteiger partial charge in [0.15, 0.2) is 0 Å². The number of hydrogen-bond donors (Lipinski definition) is 2. The van der Waals surface area contributed by atoms with E-state index in [1.54, 1.807) is 0 Å². The molecule has 0 radical (unpaired) electrons. The third kappa shape index (κ3) is 2.74. The number of aromatic amines is 1. The van der Waals surface area contributed by atoms with Crippen LogP contribution in [0.1, 0.15) is 31.9 Å². The van der Waals surface area contributed by atoms with Crippen LogP contribution in [0.15, 0.2) is 30.5 Å². The Labute approximate surface area is 121 Å². The minimum absolute atomic E-state index is 0.535. The van der Waals surface area contributed by atoms with Gasteiger partial charge in [0, 0.05) is 49.3 Å². The molecule has 1 fully saturated rings. The molecular weight excluding hydrogens is 246 g/mol. The van der Waals surface area contributed by atoms with E-state index in [0.29, 0.717) is 12.0 Å². The van der Waals surface area contributed by atoms with Gasteiger partial charge >= 0.3 is 0 Å². The molecule has 1 aromatic carbocycles. The first kappa shape index (κ1) is 13.7. The van der Waals surface area contributed by atoms with Crippen LogP contribution in [0.2, 0.25) is 0 Å². The van der Waals surface area contributed by atoms with Crippen molar-refractivity contribution in [1.82, 2.24) is 15.2 Å². The highest BCUT2D eigenvalue weighted by Crippen LogP contribution is 2.33. The van der Waals surface area contributed by atoms with Crippen molar-refractivity contribution in [2.24, 2.45) is 5.92 Å². The van der Waals surface area contributed by atoms with E-state index in [1.165, 1.54) is 22.9 Å². The van der Waals surface area contributed by atoms with Crippen molar-refractivity contribution < 1.29 is 0 Å². The number of benzene rings is 1. The van der Waals surface area contributed by atoms with Gasteiger partial charge in [0.1, 0.15) is 0 Å². The second-order valence-corrected chi connectivity index (χ2v) is 6.22. The smallest absolute Gasteiger partial charge is 0.0457 e. The highest BCUT2D eigenvalue weighted by atomic mass is 15.2. The molecule has 1 aromatic heterocycles. The lowest BCUT2D eigenvalue weighted by molar-refractivity contribution is 0.155. The Morgan fingerprint density at radius 3 is 2.65 bits per heavy atom. The Kier molecular flexibility index (Phi) is 4.08. The Bertz CT molecular complexity index is 552. The number of rotatable bonds is 4. The average molecular weight is 271 g/mol. The molecule has 3 nitrogen and oxygen atoms in total. The van der Waals surface area contributed by atoms with Crippen molar-refractivity contribution in [1.29, 1.82) is 0 Å². The van der Waals surface area contributed by atoms with Crippen LogP contribution >= 0.6 is 0 Å². The molecule has 108 valence electrons. The molecule has 1 atom stereocenters. The number of piperazine rings is 1. The fourth-order valence-electron chi connectivity index (χ4n) is 3.28. The molecule has 0 saturated carbocycles. The van der Waals surface area contributed by atoms with Crippen LogP contribution in [0.25, 0.3) is 10.9 Å². The van der Waals surface area contributed by atoms with Gasteiger partial charge in [0.25, 0.3) is 0 Å². The number of nitrogens with one attached hydrogen (secondary N) is 2. The van der Waals surface area contributed by atoms with E-state index in [1.807, 2.05) is 0 Å². The number of fused-ring (bicyclic) bond motifs is 1. The summed E-state index contributed by atoms with van der Waals surface area (Å²) in [5.41, 5.74) is 2.72. The van der Waals surface area contributed by atoms with Crippen LogP contribution in [0, 0.1) is 5.92 Å². The molecule has 1 aliphatic rings. The van der Waals surface area contributed by atoms with E-state index >= 15 is 0 Å². The molecule has 20 heavy (non-hydrogen) atoms. The Morgan fingerprint density at radius 2 is 1.90 bits per heavy atom. The van der Waals surface area contributed by atoms with Crippen molar-refractivity contribution in [2.75, 3.05) is 26.2 Å². The number of para-hydroxylation sites is 1. The number of H-pyrrole nitrogens is 1. The van der Waals surface area contributed by atoms with E-state index in [9.17, 15) is 0 Å². The third-order valence-electron chi connectivity index (χ3n) is 4.27. The van der Waals surface area contributed by atoms with Crippen molar-refractivity contribution in [3.8, 4) is 0 Å². The summed E-state index contributed by atoms with van der Waals surface area (Å²) in [4.78, 5) is 6.08. The maximum Gasteiger partial charge on any atom is 0.0457 e. The van der Waals surface area contributed by atoms with Gasteiger partial charge in [-0.1, -0.05) is 32.0 Å². The fourth-order valence-corrected chi connectivity index (χ4v) is 3.28. The van der Waals surface area contributed by atoms with Crippen molar-refractivity contribution in [2.45, 2.75) is 26.3 Å². The van der Waals surface area contributed by atoms with Gasteiger partial charge in [0.2, 0.25) is 0 Å². The van der Waals surface area contributed by atoms with Crippen LogP contribution in [-0.4, -0.2) is 36.1 Å². The van der Waals surface area contributed by atoms with E-state index in [2.05, 4.69) is 59.5 Å². The van der Waals surface area contributed by atoms with Crippen LogP contribution < -0.4 is 5.32 Å². The lowest BCUT2D eigenvalue weighted by atomic mass is 9.94. The summed E-state index contributed by atoms with van der Waals surface area (Å²) in [6, 6.07) is 9.20. The van der Waals surface area contributed by atoms with Gasteiger partial charge in [-0.15, -0.1) is 0 Å². The zero-order valence-corrected chi connectivity index (χ0v) is 12.5. The Morgan fingerprint density at radius 1 is 1.15 bits per heavy atom. The van der Waals surface area contributed by atoms with Gasteiger partial charge in [0.05, 0.1) is 0 Å². The third-order valence-corrected chi connectivity index (χ3v) is 4.27. The summed E-state index contributed by atoms with van der Waals surface area (Å²) >= 11 is 0. The van der Waals surface area contributed by atoms with Crippen molar-refractivity contribution in [3.05, 3.63) is 36.0 Å². The van der Waals surface area contributed by atoms with Crippen LogP contribution in [0.3, 0.4) is 0 Å². The van der Waals surface area contributed by atoms with E-state index < -0.39 is 0 Å². The van der Waals surface area contributed by atoms with Gasteiger partial charge in [-0.2, -0.15) is 0 Å². The molecule has 0 amide bonds. The lowest BCUT2D eigenvalue weighted by Crippen LogP contribution is -2.45. The number of aromatic nitrogens is 1. The maximum absolute atomic E-state index is 3.46. The Hall–Kier alpha value is -1.32. The summed E-state index contributed by atoms with van der Waals surface area (Å²) in [7, 11) is 0. The summed E-state index contributed by atoms with van der Waals surface area (Å²) in [6.07, 6.45) is 3.45. The van der Waals surface area contributed by atoms with Crippen LogP contribution in [0.4, 0.5) is 0 Å². The quantitative estimate of drug-likeness (QED) is 0.895. The molecule has 0 unspecified atom stereocenters. The second kappa shape index (κ2) is 5.98. The first-order valence-electron chi connectivity index (χ1n) is 7.76. The van der Waals surface area contributed by atoms with E-state index in [0.717, 1.165) is 26.2 Å². The fraction of sp³-hybridized carbons (Fsp3) is 0.529. The normalized spacial score (nSPS) is 18.8. The largest absolute Gasteiger partial charge is 0.361 e. The standard InChI is InChI=1S/C17H25N3/c1-13(2)11-17(20-9-7-18-8-10-20)15-12-19-16-6-4-3-5-14(15)16/h3-6,12-13,17-19H,7-11H2,1-2H3/t17-/m0/s1. The highest BCUT2D eigenvalue weighted by molar-refractivity contribution is 5.83. The van der Waals surface area contributed by atoms with E-state index in [4.69, 9.17) is 0 Å². The topological polar surface area (TPSA) is 31.1 Å². The van der Waals surface area contributed by atoms with Crippen molar-refractivity contribution in [3.63, 3.8) is 0 Å².